The molecule has 1 heterocycles. The van der Waals surface area contributed by atoms with Gasteiger partial charge in [0, 0.05) is 22.5 Å². The molecule has 0 saturated heterocycles. The first kappa shape index (κ1) is 18.4. The van der Waals surface area contributed by atoms with E-state index in [9.17, 15) is 18.3 Å². The van der Waals surface area contributed by atoms with Crippen LogP contribution in [0.5, 0.6) is 5.75 Å². The molecule has 0 fully saturated rings. The van der Waals surface area contributed by atoms with E-state index in [-0.39, 0.29) is 17.1 Å². The number of thioether (sulfide) groups is 1. The van der Waals surface area contributed by atoms with E-state index in [1.54, 1.807) is 31.4 Å². The van der Waals surface area contributed by atoms with Crippen molar-refractivity contribution in [1.82, 2.24) is 4.98 Å². The maximum Gasteiger partial charge on any atom is 0.416 e. The highest BCUT2D eigenvalue weighted by molar-refractivity contribution is 7.97. The summed E-state index contributed by atoms with van der Waals surface area (Å²) in [5.41, 5.74) is 2.04. The molecule has 1 aromatic heterocycles. The molecule has 2 aromatic carbocycles. The second-order valence-electron chi connectivity index (χ2n) is 5.89. The minimum Gasteiger partial charge on any atom is -0.506 e. The van der Waals surface area contributed by atoms with Gasteiger partial charge in [-0.2, -0.15) is 24.9 Å². The highest BCUT2D eigenvalue weighted by Crippen LogP contribution is 2.36. The third-order valence-corrected chi connectivity index (χ3v) is 4.61. The van der Waals surface area contributed by atoms with Crippen LogP contribution in [0.25, 0.3) is 10.9 Å². The van der Waals surface area contributed by atoms with E-state index in [1.807, 2.05) is 6.07 Å². The maximum atomic E-state index is 13.2. The summed E-state index contributed by atoms with van der Waals surface area (Å²) in [7, 11) is 0. The fraction of sp³-hybridized carbons (Fsp3) is 0.211. The van der Waals surface area contributed by atoms with Crippen LogP contribution in [-0.4, -0.2) is 16.3 Å². The average molecular weight is 378 g/mol. The predicted octanol–water partition coefficient (Wildman–Crippen LogP) is 5.87. The van der Waals surface area contributed by atoms with Gasteiger partial charge in [0.05, 0.1) is 16.8 Å². The number of rotatable bonds is 4. The van der Waals surface area contributed by atoms with E-state index in [0.717, 1.165) is 6.07 Å². The summed E-state index contributed by atoms with van der Waals surface area (Å²) in [5.74, 6) is 0.337. The van der Waals surface area contributed by atoms with Gasteiger partial charge in [-0.05, 0) is 55.1 Å². The van der Waals surface area contributed by atoms with E-state index < -0.39 is 11.7 Å². The van der Waals surface area contributed by atoms with Gasteiger partial charge in [0.25, 0.3) is 0 Å². The van der Waals surface area contributed by atoms with Gasteiger partial charge in [-0.25, -0.2) is 4.98 Å². The molecular weight excluding hydrogens is 361 g/mol. The summed E-state index contributed by atoms with van der Waals surface area (Å²) in [6.45, 7) is 1.71. The Kier molecular flexibility index (Phi) is 5.00. The number of halogens is 3. The zero-order chi connectivity index (χ0) is 18.9. The molecule has 7 heteroatoms. The first-order valence-electron chi connectivity index (χ1n) is 7.85. The highest BCUT2D eigenvalue weighted by atomic mass is 32.2. The zero-order valence-corrected chi connectivity index (χ0v) is 15.0. The number of hydrogen-bond donors (Lipinski definition) is 2. The largest absolute Gasteiger partial charge is 0.506 e. The molecule has 3 nitrogen and oxygen atoms in total. The molecule has 0 aliphatic heterocycles. The fourth-order valence-corrected chi connectivity index (χ4v) is 3.32. The molecule has 0 radical (unpaired) electrons. The van der Waals surface area contributed by atoms with E-state index in [2.05, 4.69) is 10.3 Å². The second-order valence-corrected chi connectivity index (χ2v) is 6.76. The molecule has 3 rings (SSSR count). The molecule has 0 spiro atoms. The molecule has 26 heavy (non-hydrogen) atoms. The van der Waals surface area contributed by atoms with Crippen molar-refractivity contribution in [3.8, 4) is 5.75 Å². The van der Waals surface area contributed by atoms with Crippen LogP contribution in [0.4, 0.5) is 24.5 Å². The van der Waals surface area contributed by atoms with Gasteiger partial charge in [0.15, 0.2) is 0 Å². The average Bonchev–Trinajstić information content (AvgIpc) is 2.56. The van der Waals surface area contributed by atoms with Crippen LogP contribution in [0, 0.1) is 6.92 Å². The third-order valence-electron chi connectivity index (χ3n) is 4.01. The van der Waals surface area contributed by atoms with Crippen molar-refractivity contribution in [3.63, 3.8) is 0 Å². The summed E-state index contributed by atoms with van der Waals surface area (Å²) in [6.07, 6.45) is -2.61. The summed E-state index contributed by atoms with van der Waals surface area (Å²) in [6, 6.07) is 11.0. The Labute approximate surface area is 153 Å². The van der Waals surface area contributed by atoms with Crippen molar-refractivity contribution in [3.05, 3.63) is 59.3 Å². The number of pyridine rings is 1. The van der Waals surface area contributed by atoms with Crippen LogP contribution in [0.1, 0.15) is 16.8 Å². The lowest BCUT2D eigenvalue weighted by Crippen LogP contribution is -2.09. The highest BCUT2D eigenvalue weighted by Gasteiger charge is 2.33. The Bertz CT molecular complexity index is 957. The van der Waals surface area contributed by atoms with Crippen molar-refractivity contribution in [1.29, 1.82) is 0 Å². The van der Waals surface area contributed by atoms with Gasteiger partial charge >= 0.3 is 6.18 Å². The van der Waals surface area contributed by atoms with Crippen LogP contribution in [-0.2, 0) is 11.9 Å². The Morgan fingerprint density at radius 1 is 1.15 bits per heavy atom. The Hall–Kier alpha value is -2.41. The number of alkyl halides is 3. The van der Waals surface area contributed by atoms with Gasteiger partial charge < -0.3 is 10.4 Å². The molecule has 3 aromatic rings. The van der Waals surface area contributed by atoms with E-state index in [4.69, 9.17) is 0 Å². The summed E-state index contributed by atoms with van der Waals surface area (Å²) >= 11 is 1.34. The van der Waals surface area contributed by atoms with Gasteiger partial charge in [-0.3, -0.25) is 0 Å². The monoisotopic (exact) mass is 378 g/mol. The maximum absolute atomic E-state index is 13.2. The molecular formula is C19H17F3N2OS. The molecule has 0 aliphatic carbocycles. The molecule has 136 valence electrons. The normalized spacial score (nSPS) is 11.7. The fourth-order valence-electron chi connectivity index (χ4n) is 2.77. The van der Waals surface area contributed by atoms with Crippen LogP contribution in [0.15, 0.2) is 42.5 Å². The minimum atomic E-state index is -4.38. The number of hydrogen-bond acceptors (Lipinski definition) is 4. The number of aromatic hydroxyl groups is 1. The topological polar surface area (TPSA) is 45.2 Å². The van der Waals surface area contributed by atoms with Crippen molar-refractivity contribution in [2.75, 3.05) is 11.6 Å². The van der Waals surface area contributed by atoms with Gasteiger partial charge in [-0.15, -0.1) is 0 Å². The van der Waals surface area contributed by atoms with Gasteiger partial charge in [0.1, 0.15) is 5.75 Å². The number of nitrogens with one attached hydrogen (secondary N) is 1. The van der Waals surface area contributed by atoms with Crippen LogP contribution >= 0.6 is 11.8 Å². The van der Waals surface area contributed by atoms with E-state index in [0.29, 0.717) is 28.0 Å². The molecule has 0 atom stereocenters. The molecule has 0 saturated carbocycles. The first-order chi connectivity index (χ1) is 12.3. The first-order valence-corrected chi connectivity index (χ1v) is 9.24. The molecule has 0 aliphatic rings. The Balaban J connectivity index is 2.03. The zero-order valence-electron chi connectivity index (χ0n) is 14.2. The lowest BCUT2D eigenvalue weighted by atomic mass is 10.1. The quantitative estimate of drug-likeness (QED) is 0.596. The SMILES string of the molecule is CSCc1cc(Nc2cccc3nc(C)c(O)cc23)ccc1C(F)(F)F. The van der Waals surface area contributed by atoms with Crippen molar-refractivity contribution in [2.45, 2.75) is 18.9 Å². The minimum absolute atomic E-state index is 0.0715. The van der Waals surface area contributed by atoms with Crippen LogP contribution in [0.3, 0.4) is 0 Å². The summed E-state index contributed by atoms with van der Waals surface area (Å²) in [5, 5.41) is 13.8. The van der Waals surface area contributed by atoms with Gasteiger partial charge in [0.2, 0.25) is 0 Å². The number of fused-ring (bicyclic) bond motifs is 1. The lowest BCUT2D eigenvalue weighted by Gasteiger charge is -2.16. The van der Waals surface area contributed by atoms with Crippen LogP contribution in [0.2, 0.25) is 0 Å². The summed E-state index contributed by atoms with van der Waals surface area (Å²) in [4.78, 5) is 4.33. The number of aromatic nitrogens is 1. The third kappa shape index (κ3) is 3.72. The number of benzene rings is 2. The second kappa shape index (κ2) is 7.07. The Morgan fingerprint density at radius 3 is 2.62 bits per heavy atom. The van der Waals surface area contributed by atoms with Crippen molar-refractivity contribution in [2.24, 2.45) is 0 Å². The molecule has 2 N–H and O–H groups in total. The number of aryl methyl sites for hydroxylation is 1. The number of anilines is 2. The van der Waals surface area contributed by atoms with E-state index in [1.165, 1.54) is 23.9 Å². The van der Waals surface area contributed by atoms with Gasteiger partial charge in [-0.1, -0.05) is 6.07 Å². The standard InChI is InChI=1S/C19H17F3N2OS/c1-11-18(25)9-14-16(23-11)4-3-5-17(14)24-13-6-7-15(19(20,21)22)12(8-13)10-26-2/h3-9,24-25H,10H2,1-2H3. The van der Waals surface area contributed by atoms with Crippen molar-refractivity contribution < 1.29 is 18.3 Å². The molecule has 0 unspecified atom stereocenters. The molecule has 0 bridgehead atoms. The Morgan fingerprint density at radius 2 is 1.92 bits per heavy atom. The lowest BCUT2D eigenvalue weighted by molar-refractivity contribution is -0.138. The van der Waals surface area contributed by atoms with Crippen molar-refractivity contribution >= 4 is 34.0 Å². The number of nitrogens with zero attached hydrogens (tertiary/aromatic N) is 1. The smallest absolute Gasteiger partial charge is 0.416 e. The summed E-state index contributed by atoms with van der Waals surface area (Å²) < 4.78 is 39.5. The van der Waals surface area contributed by atoms with Crippen LogP contribution < -0.4 is 5.32 Å². The van der Waals surface area contributed by atoms with E-state index >= 15 is 0 Å². The molecule has 0 amide bonds. The predicted molar refractivity (Wildman–Crippen MR) is 100 cm³/mol.